The summed E-state index contributed by atoms with van der Waals surface area (Å²) in [4.78, 5) is 17.3. The summed E-state index contributed by atoms with van der Waals surface area (Å²) in [5.74, 6) is 1.47. The third kappa shape index (κ3) is 6.30. The van der Waals surface area contributed by atoms with E-state index in [2.05, 4.69) is 23.3 Å². The van der Waals surface area contributed by atoms with Crippen molar-refractivity contribution in [3.8, 4) is 33.8 Å². The summed E-state index contributed by atoms with van der Waals surface area (Å²) >= 11 is 0. The van der Waals surface area contributed by atoms with Crippen molar-refractivity contribution in [2.75, 3.05) is 14.2 Å². The van der Waals surface area contributed by atoms with Crippen LogP contribution < -0.4 is 14.8 Å². The molecule has 0 bridgehead atoms. The molecule has 0 radical (unpaired) electrons. The number of ether oxygens (including phenoxy) is 2. The zero-order valence-corrected chi connectivity index (χ0v) is 21.0. The number of benzene rings is 3. The van der Waals surface area contributed by atoms with Gasteiger partial charge in [-0.1, -0.05) is 36.4 Å². The average molecular weight is 481 g/mol. The van der Waals surface area contributed by atoms with Gasteiger partial charge in [0.2, 0.25) is 0 Å². The summed E-state index contributed by atoms with van der Waals surface area (Å²) in [6.07, 6.45) is 6.50. The van der Waals surface area contributed by atoms with Gasteiger partial charge < -0.3 is 14.8 Å². The number of carbonyl (C=O) groups is 1. The van der Waals surface area contributed by atoms with Crippen LogP contribution in [0.25, 0.3) is 22.3 Å². The fraction of sp³-hybridized carbons (Fsp3) is 0.226. The lowest BCUT2D eigenvalue weighted by molar-refractivity contribution is 0.0938. The summed E-state index contributed by atoms with van der Waals surface area (Å²) < 4.78 is 10.9. The molecule has 5 nitrogen and oxygen atoms in total. The van der Waals surface area contributed by atoms with Crippen LogP contribution in [-0.2, 0) is 6.42 Å². The second-order valence-electron chi connectivity index (χ2n) is 8.85. The average Bonchev–Trinajstić information content (AvgIpc) is 2.93. The van der Waals surface area contributed by atoms with Crippen LogP contribution in [0.3, 0.4) is 0 Å². The molecule has 1 unspecified atom stereocenters. The van der Waals surface area contributed by atoms with Crippen molar-refractivity contribution in [1.29, 1.82) is 0 Å². The number of methoxy groups -OCH3 is 2. The molecule has 4 aromatic rings. The van der Waals surface area contributed by atoms with E-state index in [1.165, 1.54) is 5.56 Å². The quantitative estimate of drug-likeness (QED) is 0.279. The minimum Gasteiger partial charge on any atom is -0.497 e. The van der Waals surface area contributed by atoms with Gasteiger partial charge in [-0.15, -0.1) is 0 Å². The zero-order valence-electron chi connectivity index (χ0n) is 21.0. The fourth-order valence-corrected chi connectivity index (χ4v) is 4.29. The third-order valence-electron chi connectivity index (χ3n) is 6.25. The Hall–Kier alpha value is -4.12. The molecule has 0 aliphatic rings. The van der Waals surface area contributed by atoms with Crippen molar-refractivity contribution in [3.05, 3.63) is 102 Å². The van der Waals surface area contributed by atoms with Crippen LogP contribution in [0.15, 0.2) is 91.3 Å². The molecule has 1 N–H and O–H groups in total. The highest BCUT2D eigenvalue weighted by atomic mass is 16.5. The highest BCUT2D eigenvalue weighted by molar-refractivity contribution is 5.98. The maximum Gasteiger partial charge on any atom is 0.251 e. The van der Waals surface area contributed by atoms with Gasteiger partial charge in [-0.05, 0) is 96.5 Å². The summed E-state index contributed by atoms with van der Waals surface area (Å²) in [7, 11) is 3.31. The molecule has 184 valence electrons. The van der Waals surface area contributed by atoms with Gasteiger partial charge in [0.15, 0.2) is 0 Å². The molecule has 5 heteroatoms. The summed E-state index contributed by atoms with van der Waals surface area (Å²) in [5, 5.41) is 3.16. The van der Waals surface area contributed by atoms with Gasteiger partial charge in [0, 0.05) is 24.0 Å². The first kappa shape index (κ1) is 25.0. The Morgan fingerprint density at radius 3 is 2.19 bits per heavy atom. The Morgan fingerprint density at radius 2 is 1.56 bits per heavy atom. The van der Waals surface area contributed by atoms with Crippen molar-refractivity contribution < 1.29 is 14.3 Å². The summed E-state index contributed by atoms with van der Waals surface area (Å²) in [6, 6.07) is 25.8. The van der Waals surface area contributed by atoms with Crippen LogP contribution in [0.2, 0.25) is 0 Å². The molecule has 0 saturated carbocycles. The Kier molecular flexibility index (Phi) is 8.35. The predicted octanol–water partition coefficient (Wildman–Crippen LogP) is 6.57. The second-order valence-corrected chi connectivity index (χ2v) is 8.85. The normalized spacial score (nSPS) is 11.5. The van der Waals surface area contributed by atoms with Gasteiger partial charge in [0.1, 0.15) is 11.5 Å². The van der Waals surface area contributed by atoms with E-state index in [1.54, 1.807) is 20.4 Å². The van der Waals surface area contributed by atoms with Gasteiger partial charge in [-0.2, -0.15) is 0 Å². The SMILES string of the molecule is COc1cccc(-c2ccc(C(=O)NC(C)CCCc3cccnc3)cc2-c2cccc(OC)c2)c1. The number of nitrogens with one attached hydrogen (secondary N) is 1. The molecule has 1 aromatic heterocycles. The molecule has 0 fully saturated rings. The smallest absolute Gasteiger partial charge is 0.251 e. The number of hydrogen-bond donors (Lipinski definition) is 1. The van der Waals surface area contributed by atoms with Crippen LogP contribution in [0.5, 0.6) is 11.5 Å². The van der Waals surface area contributed by atoms with Crippen LogP contribution >= 0.6 is 0 Å². The lowest BCUT2D eigenvalue weighted by Gasteiger charge is -2.17. The molecule has 0 aliphatic carbocycles. The third-order valence-corrected chi connectivity index (χ3v) is 6.25. The van der Waals surface area contributed by atoms with E-state index in [9.17, 15) is 4.79 Å². The molecule has 3 aromatic carbocycles. The van der Waals surface area contributed by atoms with E-state index >= 15 is 0 Å². The zero-order chi connectivity index (χ0) is 25.3. The fourth-order valence-electron chi connectivity index (χ4n) is 4.29. The standard InChI is InChI=1S/C31H32N2O3/c1-22(8-4-9-23-10-7-17-32-21-23)33-31(34)26-15-16-29(24-11-5-13-27(18-24)35-2)30(20-26)25-12-6-14-28(19-25)36-3/h5-7,10-22H,4,8-9H2,1-3H3,(H,33,34). The van der Waals surface area contributed by atoms with Gasteiger partial charge in [0.05, 0.1) is 14.2 Å². The van der Waals surface area contributed by atoms with Crippen LogP contribution in [0, 0.1) is 0 Å². The number of rotatable bonds is 10. The lowest BCUT2D eigenvalue weighted by Crippen LogP contribution is -2.32. The highest BCUT2D eigenvalue weighted by Crippen LogP contribution is 2.35. The van der Waals surface area contributed by atoms with Crippen molar-refractivity contribution in [2.45, 2.75) is 32.2 Å². The van der Waals surface area contributed by atoms with Crippen molar-refractivity contribution in [1.82, 2.24) is 10.3 Å². The maximum atomic E-state index is 13.2. The number of carbonyl (C=O) groups excluding carboxylic acids is 1. The minimum absolute atomic E-state index is 0.0625. The topological polar surface area (TPSA) is 60.5 Å². The molecule has 1 heterocycles. The monoisotopic (exact) mass is 480 g/mol. The number of amides is 1. The highest BCUT2D eigenvalue weighted by Gasteiger charge is 2.15. The summed E-state index contributed by atoms with van der Waals surface area (Å²) in [6.45, 7) is 2.05. The molecule has 4 rings (SSSR count). The second kappa shape index (κ2) is 12.0. The van der Waals surface area contributed by atoms with Gasteiger partial charge in [-0.25, -0.2) is 0 Å². The van der Waals surface area contributed by atoms with E-state index in [4.69, 9.17) is 9.47 Å². The Balaban J connectivity index is 1.56. The van der Waals surface area contributed by atoms with E-state index < -0.39 is 0 Å². The molecular formula is C31H32N2O3. The van der Waals surface area contributed by atoms with Crippen molar-refractivity contribution >= 4 is 5.91 Å². The van der Waals surface area contributed by atoms with Crippen molar-refractivity contribution in [2.24, 2.45) is 0 Å². The molecule has 0 aliphatic heterocycles. The van der Waals surface area contributed by atoms with Crippen LogP contribution in [0.4, 0.5) is 0 Å². The molecule has 0 spiro atoms. The Labute approximate surface area is 213 Å². The van der Waals surface area contributed by atoms with E-state index in [-0.39, 0.29) is 11.9 Å². The van der Waals surface area contributed by atoms with Crippen LogP contribution in [0.1, 0.15) is 35.7 Å². The number of pyridine rings is 1. The molecule has 1 amide bonds. The van der Waals surface area contributed by atoms with Gasteiger partial charge in [0.25, 0.3) is 5.91 Å². The summed E-state index contributed by atoms with van der Waals surface area (Å²) in [5.41, 5.74) is 5.81. The first-order chi connectivity index (χ1) is 17.6. The number of aryl methyl sites for hydroxylation is 1. The lowest BCUT2D eigenvalue weighted by atomic mass is 9.92. The van der Waals surface area contributed by atoms with Crippen LogP contribution in [-0.4, -0.2) is 31.2 Å². The first-order valence-electron chi connectivity index (χ1n) is 12.2. The molecule has 0 saturated heterocycles. The Bertz CT molecular complexity index is 1300. The predicted molar refractivity (Wildman–Crippen MR) is 145 cm³/mol. The number of aromatic nitrogens is 1. The maximum absolute atomic E-state index is 13.2. The van der Waals surface area contributed by atoms with E-state index in [1.807, 2.05) is 79.0 Å². The number of hydrogen-bond acceptors (Lipinski definition) is 4. The first-order valence-corrected chi connectivity index (χ1v) is 12.2. The van der Waals surface area contributed by atoms with Gasteiger partial charge in [-0.3, -0.25) is 9.78 Å². The number of nitrogens with zero attached hydrogens (tertiary/aromatic N) is 1. The molecule has 1 atom stereocenters. The Morgan fingerprint density at radius 1 is 0.861 bits per heavy atom. The minimum atomic E-state index is -0.0785. The molecular weight excluding hydrogens is 448 g/mol. The van der Waals surface area contributed by atoms with E-state index in [0.717, 1.165) is 53.0 Å². The van der Waals surface area contributed by atoms with Gasteiger partial charge >= 0.3 is 0 Å². The largest absolute Gasteiger partial charge is 0.497 e. The van der Waals surface area contributed by atoms with Crippen molar-refractivity contribution in [3.63, 3.8) is 0 Å². The molecule has 36 heavy (non-hydrogen) atoms. The van der Waals surface area contributed by atoms with E-state index in [0.29, 0.717) is 5.56 Å².